The van der Waals surface area contributed by atoms with Crippen molar-refractivity contribution in [3.8, 4) is 11.6 Å². The topological polar surface area (TPSA) is 108 Å². The van der Waals surface area contributed by atoms with Crippen molar-refractivity contribution in [2.45, 2.75) is 38.3 Å². The van der Waals surface area contributed by atoms with Crippen molar-refractivity contribution in [3.63, 3.8) is 0 Å². The Labute approximate surface area is 296 Å². The highest BCUT2D eigenvalue weighted by molar-refractivity contribution is 7.92. The first-order valence-electron chi connectivity index (χ1n) is 17.1. The molecule has 51 heavy (non-hydrogen) atoms. The molecule has 3 heterocycles. The van der Waals surface area contributed by atoms with E-state index in [1.165, 1.54) is 0 Å². The Bertz CT molecular complexity index is 1880. The Morgan fingerprint density at radius 3 is 2.22 bits per heavy atom. The number of hydrogen-bond acceptors (Lipinski definition) is 8. The lowest BCUT2D eigenvalue weighted by atomic mass is 9.89. The van der Waals surface area contributed by atoms with Gasteiger partial charge in [-0.2, -0.15) is 13.2 Å². The summed E-state index contributed by atoms with van der Waals surface area (Å²) in [5.74, 6) is 0.342. The molecule has 0 bridgehead atoms. The summed E-state index contributed by atoms with van der Waals surface area (Å²) in [7, 11) is -3.71. The number of amides is 1. The molecule has 14 heteroatoms. The van der Waals surface area contributed by atoms with Crippen molar-refractivity contribution < 1.29 is 31.1 Å². The van der Waals surface area contributed by atoms with Gasteiger partial charge in [0.25, 0.3) is 5.91 Å². The zero-order valence-electron chi connectivity index (χ0n) is 28.3. The Hall–Kier alpha value is -4.69. The molecular formula is C37H41F3N6O4S. The molecule has 0 saturated carbocycles. The molecule has 6 rings (SSSR count). The normalized spacial score (nSPS) is 16.2. The van der Waals surface area contributed by atoms with E-state index in [0.717, 1.165) is 74.5 Å². The molecular weight excluding hydrogens is 682 g/mol. The van der Waals surface area contributed by atoms with E-state index in [4.69, 9.17) is 4.74 Å². The average molecular weight is 723 g/mol. The SMILES string of the molecule is CCN1CCN(c2ccc(C(=O)N3CCC(c4ccc(Oc5ccc(C(F)(F)F)nn5)cc4)CC3)cc2NS(=O)(=O)CCc2ccccc2)CC1. The van der Waals surface area contributed by atoms with E-state index in [1.807, 2.05) is 48.5 Å². The number of piperidine rings is 1. The maximum absolute atomic E-state index is 13.8. The van der Waals surface area contributed by atoms with Crippen molar-refractivity contribution in [2.24, 2.45) is 0 Å². The van der Waals surface area contributed by atoms with E-state index in [9.17, 15) is 26.4 Å². The molecule has 10 nitrogen and oxygen atoms in total. The number of ether oxygens (including phenoxy) is 1. The third-order valence-corrected chi connectivity index (χ3v) is 10.7. The first-order chi connectivity index (χ1) is 24.5. The van der Waals surface area contributed by atoms with Crippen LogP contribution < -0.4 is 14.4 Å². The Morgan fingerprint density at radius 1 is 0.882 bits per heavy atom. The standard InChI is InChI=1S/C37H41F3N6O4S/c1-2-44-21-23-45(24-22-44)33-13-10-30(26-32(33)43-51(48,49)25-18-27-6-4-3-5-7-27)36(47)46-19-16-29(17-20-46)28-8-11-31(12-9-28)50-35-15-14-34(41-42-35)37(38,39)40/h3-15,26,29,43H,2,16-25H2,1H3. The summed E-state index contributed by atoms with van der Waals surface area (Å²) in [5.41, 5.74) is 2.52. The number of anilines is 2. The molecule has 270 valence electrons. The zero-order valence-corrected chi connectivity index (χ0v) is 29.2. The number of likely N-dealkylation sites (N-methyl/N-ethyl adjacent to an activating group) is 1. The number of hydrogen-bond donors (Lipinski definition) is 1. The van der Waals surface area contributed by atoms with Crippen LogP contribution in [0.15, 0.2) is 84.9 Å². The van der Waals surface area contributed by atoms with Gasteiger partial charge < -0.3 is 19.4 Å². The molecule has 0 atom stereocenters. The second-order valence-electron chi connectivity index (χ2n) is 12.8. The molecule has 0 unspecified atom stereocenters. The van der Waals surface area contributed by atoms with Crippen LogP contribution in [0.4, 0.5) is 24.5 Å². The third kappa shape index (κ3) is 9.36. The van der Waals surface area contributed by atoms with Crippen molar-refractivity contribution >= 4 is 27.3 Å². The lowest BCUT2D eigenvalue weighted by Gasteiger charge is -2.36. The number of piperazine rings is 1. The van der Waals surface area contributed by atoms with Crippen LogP contribution in [-0.4, -0.2) is 85.9 Å². The molecule has 1 amide bonds. The monoisotopic (exact) mass is 722 g/mol. The van der Waals surface area contributed by atoms with Crippen molar-refractivity contribution in [1.29, 1.82) is 0 Å². The third-order valence-electron chi connectivity index (χ3n) is 9.46. The van der Waals surface area contributed by atoms with Crippen LogP contribution in [0.3, 0.4) is 0 Å². The van der Waals surface area contributed by atoms with Crippen molar-refractivity contribution in [3.05, 3.63) is 107 Å². The fourth-order valence-corrected chi connectivity index (χ4v) is 7.61. The van der Waals surface area contributed by atoms with Gasteiger partial charge in [-0.05, 0) is 79.3 Å². The lowest BCUT2D eigenvalue weighted by molar-refractivity contribution is -0.141. The van der Waals surface area contributed by atoms with Gasteiger partial charge >= 0.3 is 6.18 Å². The van der Waals surface area contributed by atoms with E-state index < -0.39 is 21.9 Å². The number of sulfonamides is 1. The lowest BCUT2D eigenvalue weighted by Crippen LogP contribution is -2.46. The van der Waals surface area contributed by atoms with Gasteiger partial charge in [0.05, 0.1) is 17.1 Å². The van der Waals surface area contributed by atoms with Crippen LogP contribution in [0, 0.1) is 0 Å². The highest BCUT2D eigenvalue weighted by Gasteiger charge is 2.33. The average Bonchev–Trinajstić information content (AvgIpc) is 3.14. The summed E-state index contributed by atoms with van der Waals surface area (Å²) in [6, 6.07) is 24.0. The first kappa shape index (κ1) is 36.1. The minimum Gasteiger partial charge on any atom is -0.438 e. The quantitative estimate of drug-likeness (QED) is 0.189. The molecule has 0 spiro atoms. The summed E-state index contributed by atoms with van der Waals surface area (Å²) in [6.45, 7) is 7.39. The van der Waals surface area contributed by atoms with Crippen molar-refractivity contribution in [2.75, 3.05) is 61.2 Å². The van der Waals surface area contributed by atoms with Crippen LogP contribution >= 0.6 is 0 Å². The smallest absolute Gasteiger partial charge is 0.435 e. The number of aromatic nitrogens is 2. The molecule has 2 fully saturated rings. The van der Waals surface area contributed by atoms with Gasteiger partial charge in [-0.3, -0.25) is 9.52 Å². The highest BCUT2D eigenvalue weighted by atomic mass is 32.2. The minimum absolute atomic E-state index is 0.0437. The van der Waals surface area contributed by atoms with E-state index in [1.54, 1.807) is 29.2 Å². The molecule has 0 radical (unpaired) electrons. The van der Waals surface area contributed by atoms with Gasteiger partial charge in [-0.15, -0.1) is 10.2 Å². The second-order valence-corrected chi connectivity index (χ2v) is 14.6. The maximum atomic E-state index is 13.8. The van der Waals surface area contributed by atoms with Crippen LogP contribution in [0.2, 0.25) is 0 Å². The van der Waals surface area contributed by atoms with E-state index in [2.05, 4.69) is 31.6 Å². The predicted molar refractivity (Wildman–Crippen MR) is 190 cm³/mol. The summed E-state index contributed by atoms with van der Waals surface area (Å²) in [5, 5.41) is 6.70. The maximum Gasteiger partial charge on any atom is 0.435 e. The van der Waals surface area contributed by atoms with Gasteiger partial charge in [0, 0.05) is 50.9 Å². The second kappa shape index (κ2) is 15.7. The number of carbonyl (C=O) groups is 1. The number of alkyl halides is 3. The number of benzene rings is 3. The van der Waals surface area contributed by atoms with Gasteiger partial charge in [-0.25, -0.2) is 8.42 Å². The molecule has 1 aromatic heterocycles. The Morgan fingerprint density at radius 2 is 1.59 bits per heavy atom. The fourth-order valence-electron chi connectivity index (χ4n) is 6.50. The van der Waals surface area contributed by atoms with E-state index in [0.29, 0.717) is 36.5 Å². The summed E-state index contributed by atoms with van der Waals surface area (Å²) < 4.78 is 73.4. The number of carbonyl (C=O) groups excluding carboxylic acids is 1. The van der Waals surface area contributed by atoms with E-state index >= 15 is 0 Å². The van der Waals surface area contributed by atoms with E-state index in [-0.39, 0.29) is 23.5 Å². The molecule has 2 saturated heterocycles. The van der Waals surface area contributed by atoms with Gasteiger partial charge in [-0.1, -0.05) is 49.4 Å². The predicted octanol–water partition coefficient (Wildman–Crippen LogP) is 6.43. The molecule has 3 aromatic carbocycles. The van der Waals surface area contributed by atoms with Gasteiger partial charge in [0.1, 0.15) is 5.75 Å². The molecule has 4 aromatic rings. The summed E-state index contributed by atoms with van der Waals surface area (Å²) in [4.78, 5) is 20.1. The number of rotatable bonds is 11. The Kier molecular flexibility index (Phi) is 11.1. The van der Waals surface area contributed by atoms with Crippen LogP contribution in [-0.2, 0) is 22.6 Å². The van der Waals surface area contributed by atoms with Crippen LogP contribution in [0.25, 0.3) is 0 Å². The number of aryl methyl sites for hydroxylation is 1. The van der Waals surface area contributed by atoms with Crippen LogP contribution in [0.1, 0.15) is 52.9 Å². The van der Waals surface area contributed by atoms with Gasteiger partial charge in [0.2, 0.25) is 15.9 Å². The fraction of sp³-hybridized carbons (Fsp3) is 0.378. The summed E-state index contributed by atoms with van der Waals surface area (Å²) in [6.07, 6.45) is -2.74. The number of nitrogens with zero attached hydrogens (tertiary/aromatic N) is 5. The summed E-state index contributed by atoms with van der Waals surface area (Å²) >= 11 is 0. The zero-order chi connectivity index (χ0) is 36.0. The molecule has 2 aliphatic heterocycles. The van der Waals surface area contributed by atoms with Crippen molar-refractivity contribution in [1.82, 2.24) is 20.0 Å². The van der Waals surface area contributed by atoms with Crippen LogP contribution in [0.5, 0.6) is 11.6 Å². The number of halogens is 3. The molecule has 1 N–H and O–H groups in total. The Balaban J connectivity index is 1.10. The molecule has 2 aliphatic rings. The van der Waals surface area contributed by atoms with Gasteiger partial charge in [0.15, 0.2) is 5.69 Å². The first-order valence-corrected chi connectivity index (χ1v) is 18.8. The number of likely N-dealkylation sites (tertiary alicyclic amines) is 1. The minimum atomic E-state index is -4.58. The molecule has 0 aliphatic carbocycles. The highest BCUT2D eigenvalue weighted by Crippen LogP contribution is 2.34. The number of nitrogens with one attached hydrogen (secondary N) is 1. The largest absolute Gasteiger partial charge is 0.438 e.